The molecule has 4 heterocycles. The maximum atomic E-state index is 12.8. The Labute approximate surface area is 177 Å². The third kappa shape index (κ3) is 3.15. The number of rotatable bonds is 4. The van der Waals surface area contributed by atoms with E-state index in [0.29, 0.717) is 26.1 Å². The summed E-state index contributed by atoms with van der Waals surface area (Å²) in [6, 6.07) is 9.72. The molecule has 154 valence electrons. The molecule has 5 rings (SSSR count). The van der Waals surface area contributed by atoms with Gasteiger partial charge in [-0.1, -0.05) is 12.1 Å². The fourth-order valence-corrected chi connectivity index (χ4v) is 4.87. The first-order chi connectivity index (χ1) is 14.6. The Kier molecular flexibility index (Phi) is 4.74. The first-order valence-corrected chi connectivity index (χ1v) is 10.9. The second-order valence-corrected chi connectivity index (χ2v) is 8.33. The highest BCUT2D eigenvalue weighted by molar-refractivity contribution is 7.16. The molecule has 0 atom stereocenters. The Morgan fingerprint density at radius 3 is 2.63 bits per heavy atom. The van der Waals surface area contributed by atoms with Gasteiger partial charge in [-0.05, 0) is 23.6 Å². The number of amides is 1. The number of aryl methyl sites for hydroxylation is 2. The minimum atomic E-state index is -0.0858. The van der Waals surface area contributed by atoms with Gasteiger partial charge in [0, 0.05) is 46.2 Å². The largest absolute Gasteiger partial charge is 0.352 e. The van der Waals surface area contributed by atoms with Crippen molar-refractivity contribution in [1.29, 1.82) is 0 Å². The van der Waals surface area contributed by atoms with Crippen molar-refractivity contribution in [2.24, 2.45) is 7.05 Å². The number of nitrogens with zero attached hydrogens (tertiary/aromatic N) is 6. The number of aromatic nitrogens is 4. The molecule has 0 N–H and O–H groups in total. The molecule has 1 aromatic carbocycles. The third-order valence-corrected chi connectivity index (χ3v) is 6.59. The lowest BCUT2D eigenvalue weighted by atomic mass is 10.2. The van der Waals surface area contributed by atoms with Crippen LogP contribution < -0.4 is 10.6 Å². The van der Waals surface area contributed by atoms with E-state index in [2.05, 4.69) is 20.9 Å². The van der Waals surface area contributed by atoms with Crippen LogP contribution in [0.2, 0.25) is 0 Å². The number of benzene rings is 1. The zero-order valence-corrected chi connectivity index (χ0v) is 17.5. The van der Waals surface area contributed by atoms with Crippen LogP contribution in [0.1, 0.15) is 6.42 Å². The molecule has 3 aromatic heterocycles. The SMILES string of the molecule is Cn1c(=O)n(CCC(=O)N2CCN(c3ncnc4sccc34)CC2)c2ccccc21. The van der Waals surface area contributed by atoms with Gasteiger partial charge >= 0.3 is 5.69 Å². The predicted molar refractivity (Wildman–Crippen MR) is 118 cm³/mol. The Balaban J connectivity index is 1.24. The zero-order valence-electron chi connectivity index (χ0n) is 16.7. The van der Waals surface area contributed by atoms with E-state index in [9.17, 15) is 9.59 Å². The lowest BCUT2D eigenvalue weighted by molar-refractivity contribution is -0.131. The molecular weight excluding hydrogens is 400 g/mol. The van der Waals surface area contributed by atoms with Crippen molar-refractivity contribution in [2.75, 3.05) is 31.1 Å². The van der Waals surface area contributed by atoms with Crippen molar-refractivity contribution in [3.63, 3.8) is 0 Å². The Hall–Kier alpha value is -3.20. The van der Waals surface area contributed by atoms with E-state index in [1.54, 1.807) is 33.8 Å². The smallest absolute Gasteiger partial charge is 0.328 e. The van der Waals surface area contributed by atoms with Crippen molar-refractivity contribution >= 4 is 44.3 Å². The molecular formula is C21H22N6O2S. The maximum Gasteiger partial charge on any atom is 0.328 e. The van der Waals surface area contributed by atoms with Crippen molar-refractivity contribution < 1.29 is 4.79 Å². The number of para-hydroxylation sites is 2. The van der Waals surface area contributed by atoms with E-state index >= 15 is 0 Å². The van der Waals surface area contributed by atoms with Crippen LogP contribution in [0, 0.1) is 0 Å². The van der Waals surface area contributed by atoms with Crippen LogP contribution in [0.25, 0.3) is 21.3 Å². The van der Waals surface area contributed by atoms with E-state index in [0.717, 1.165) is 40.2 Å². The highest BCUT2D eigenvalue weighted by Crippen LogP contribution is 2.27. The number of anilines is 1. The summed E-state index contributed by atoms with van der Waals surface area (Å²) >= 11 is 1.61. The monoisotopic (exact) mass is 422 g/mol. The van der Waals surface area contributed by atoms with Crippen LogP contribution >= 0.6 is 11.3 Å². The minimum absolute atomic E-state index is 0.0813. The summed E-state index contributed by atoms with van der Waals surface area (Å²) in [4.78, 5) is 39.2. The van der Waals surface area contributed by atoms with E-state index in [1.807, 2.05) is 34.5 Å². The summed E-state index contributed by atoms with van der Waals surface area (Å²) in [5.74, 6) is 1.02. The van der Waals surface area contributed by atoms with Crippen molar-refractivity contribution in [3.05, 3.63) is 52.5 Å². The number of thiophene rings is 1. The van der Waals surface area contributed by atoms with Gasteiger partial charge in [-0.2, -0.15) is 0 Å². The fourth-order valence-electron chi connectivity index (χ4n) is 4.14. The quantitative estimate of drug-likeness (QED) is 0.503. The van der Waals surface area contributed by atoms with E-state index in [1.165, 1.54) is 0 Å². The van der Waals surface area contributed by atoms with Crippen LogP contribution in [0.5, 0.6) is 0 Å². The van der Waals surface area contributed by atoms with Crippen LogP contribution in [-0.2, 0) is 18.4 Å². The first kappa shape index (κ1) is 18.8. The Morgan fingerprint density at radius 1 is 1.07 bits per heavy atom. The minimum Gasteiger partial charge on any atom is -0.352 e. The standard InChI is InChI=1S/C21H22N6O2S/c1-24-16-4-2-3-5-17(16)27(21(24)29)8-6-18(28)25-9-11-26(12-10-25)19-15-7-13-30-20(15)23-14-22-19/h2-5,7,13-14H,6,8-12H2,1H3. The van der Waals surface area contributed by atoms with Gasteiger partial charge in [0.15, 0.2) is 0 Å². The molecule has 4 aromatic rings. The molecule has 1 saturated heterocycles. The highest BCUT2D eigenvalue weighted by atomic mass is 32.1. The van der Waals surface area contributed by atoms with Crippen molar-refractivity contribution in [3.8, 4) is 0 Å². The highest BCUT2D eigenvalue weighted by Gasteiger charge is 2.23. The molecule has 1 amide bonds. The molecule has 0 saturated carbocycles. The molecule has 1 aliphatic heterocycles. The second kappa shape index (κ2) is 7.56. The van der Waals surface area contributed by atoms with Gasteiger partial charge in [0.1, 0.15) is 17.0 Å². The number of hydrogen-bond donors (Lipinski definition) is 0. The molecule has 0 unspecified atom stereocenters. The second-order valence-electron chi connectivity index (χ2n) is 7.44. The van der Waals surface area contributed by atoms with Crippen LogP contribution in [-0.4, -0.2) is 56.1 Å². The maximum absolute atomic E-state index is 12.8. The number of fused-ring (bicyclic) bond motifs is 2. The lowest BCUT2D eigenvalue weighted by Crippen LogP contribution is -2.49. The van der Waals surface area contributed by atoms with Gasteiger partial charge in [-0.15, -0.1) is 11.3 Å². The van der Waals surface area contributed by atoms with E-state index in [4.69, 9.17) is 0 Å². The first-order valence-electron chi connectivity index (χ1n) is 9.98. The van der Waals surface area contributed by atoms with E-state index in [-0.39, 0.29) is 11.6 Å². The summed E-state index contributed by atoms with van der Waals surface area (Å²) in [6.45, 7) is 3.17. The molecule has 0 aliphatic carbocycles. The van der Waals surface area contributed by atoms with Crippen molar-refractivity contribution in [1.82, 2.24) is 24.0 Å². The average Bonchev–Trinajstić information content (AvgIpc) is 3.36. The molecule has 8 nitrogen and oxygen atoms in total. The van der Waals surface area contributed by atoms with E-state index < -0.39 is 0 Å². The van der Waals surface area contributed by atoms with Gasteiger partial charge in [0.05, 0.1) is 16.4 Å². The number of piperazine rings is 1. The number of carbonyl (C=O) groups excluding carboxylic acids is 1. The van der Waals surface area contributed by atoms with Crippen LogP contribution in [0.3, 0.4) is 0 Å². The summed E-state index contributed by atoms with van der Waals surface area (Å²) in [5.41, 5.74) is 1.66. The topological polar surface area (TPSA) is 76.3 Å². The summed E-state index contributed by atoms with van der Waals surface area (Å²) in [7, 11) is 1.76. The fraction of sp³-hybridized carbons (Fsp3) is 0.333. The van der Waals surface area contributed by atoms with Gasteiger partial charge in [-0.3, -0.25) is 13.9 Å². The van der Waals surface area contributed by atoms with Crippen LogP contribution in [0.4, 0.5) is 5.82 Å². The molecule has 0 bridgehead atoms. The number of carbonyl (C=O) groups is 1. The van der Waals surface area contributed by atoms with Crippen molar-refractivity contribution in [2.45, 2.75) is 13.0 Å². The number of imidazole rings is 1. The molecule has 1 aliphatic rings. The number of hydrogen-bond acceptors (Lipinski definition) is 6. The average molecular weight is 423 g/mol. The lowest BCUT2D eigenvalue weighted by Gasteiger charge is -2.35. The van der Waals surface area contributed by atoms with Gasteiger partial charge in [0.25, 0.3) is 0 Å². The van der Waals surface area contributed by atoms with Gasteiger partial charge in [-0.25, -0.2) is 14.8 Å². The van der Waals surface area contributed by atoms with Gasteiger partial charge in [0.2, 0.25) is 5.91 Å². The molecule has 1 fully saturated rings. The summed E-state index contributed by atoms with van der Waals surface area (Å²) in [5, 5.41) is 3.09. The molecule has 9 heteroatoms. The zero-order chi connectivity index (χ0) is 20.7. The molecule has 0 radical (unpaired) electrons. The molecule has 0 spiro atoms. The summed E-state index contributed by atoms with van der Waals surface area (Å²) < 4.78 is 3.32. The third-order valence-electron chi connectivity index (χ3n) is 5.77. The Bertz CT molecular complexity index is 1280. The Morgan fingerprint density at radius 2 is 1.83 bits per heavy atom. The normalized spacial score (nSPS) is 14.7. The van der Waals surface area contributed by atoms with Gasteiger partial charge < -0.3 is 9.80 Å². The molecule has 30 heavy (non-hydrogen) atoms. The summed E-state index contributed by atoms with van der Waals surface area (Å²) in [6.07, 6.45) is 1.92. The predicted octanol–water partition coefficient (Wildman–Crippen LogP) is 2.08. The van der Waals surface area contributed by atoms with Crippen LogP contribution in [0.15, 0.2) is 46.8 Å².